The summed E-state index contributed by atoms with van der Waals surface area (Å²) < 4.78 is 0. The fourth-order valence-electron chi connectivity index (χ4n) is 4.22. The second-order valence-corrected chi connectivity index (χ2v) is 8.91. The molecule has 1 fully saturated rings. The summed E-state index contributed by atoms with van der Waals surface area (Å²) in [6.45, 7) is 5.94. The zero-order valence-corrected chi connectivity index (χ0v) is 19.3. The normalized spacial score (nSPS) is 15.6. The number of fused-ring (bicyclic) bond motifs is 1. The molecule has 0 aliphatic carbocycles. The van der Waals surface area contributed by atoms with Crippen molar-refractivity contribution in [3.8, 4) is 0 Å². The Morgan fingerprint density at radius 2 is 1.81 bits per heavy atom. The van der Waals surface area contributed by atoms with Crippen molar-refractivity contribution in [1.29, 1.82) is 0 Å². The molecule has 0 unspecified atom stereocenters. The Balaban J connectivity index is 1.51. The number of nitrogens with two attached hydrogens (primary N) is 1. The molecule has 3 N–H and O–H groups in total. The molecule has 1 atom stereocenters. The molecule has 0 radical (unpaired) electrons. The Kier molecular flexibility index (Phi) is 6.17. The van der Waals surface area contributed by atoms with Gasteiger partial charge >= 0.3 is 0 Å². The van der Waals surface area contributed by atoms with Crippen LogP contribution < -0.4 is 20.9 Å². The summed E-state index contributed by atoms with van der Waals surface area (Å²) in [6.07, 6.45) is 1.65. The lowest BCUT2D eigenvalue weighted by Gasteiger charge is -2.32. The standard InChI is InChI=1S/C25H32N6O/c1-16-5-10-21-22(15-16)28-25(30(3)4)29-24(21)27-17(2)18-6-8-20(9-7-18)31-13-11-19(12-14-31)23(26)32/h5-10,15,17,19H,11-14H2,1-4H3,(H2,26,32)(H,27,28,29)/t17-/m0/s1. The first-order valence-electron chi connectivity index (χ1n) is 11.2. The van der Waals surface area contributed by atoms with E-state index in [4.69, 9.17) is 15.7 Å². The maximum absolute atomic E-state index is 11.4. The fraction of sp³-hybridized carbons (Fsp3) is 0.400. The highest BCUT2D eigenvalue weighted by molar-refractivity contribution is 5.90. The second-order valence-electron chi connectivity index (χ2n) is 8.91. The molecular formula is C25H32N6O. The average molecular weight is 433 g/mol. The Bertz CT molecular complexity index is 1100. The number of aromatic nitrogens is 2. The van der Waals surface area contributed by atoms with Crippen LogP contribution in [0.1, 0.15) is 36.9 Å². The van der Waals surface area contributed by atoms with E-state index < -0.39 is 0 Å². The van der Waals surface area contributed by atoms with Gasteiger partial charge in [-0.05, 0) is 62.1 Å². The van der Waals surface area contributed by atoms with Gasteiger partial charge in [0.25, 0.3) is 0 Å². The maximum atomic E-state index is 11.4. The summed E-state index contributed by atoms with van der Waals surface area (Å²) in [6, 6.07) is 15.0. The van der Waals surface area contributed by atoms with Gasteiger partial charge in [-0.25, -0.2) is 4.98 Å². The van der Waals surface area contributed by atoms with Crippen molar-refractivity contribution in [3.05, 3.63) is 53.6 Å². The number of rotatable bonds is 6. The molecule has 2 aromatic carbocycles. The number of carbonyl (C=O) groups excluding carboxylic acids is 1. The molecule has 168 valence electrons. The number of amides is 1. The van der Waals surface area contributed by atoms with Crippen molar-refractivity contribution in [2.45, 2.75) is 32.7 Å². The van der Waals surface area contributed by atoms with Gasteiger partial charge in [-0.2, -0.15) is 4.98 Å². The van der Waals surface area contributed by atoms with Gasteiger partial charge in [0.1, 0.15) is 5.82 Å². The summed E-state index contributed by atoms with van der Waals surface area (Å²) in [5.74, 6) is 1.36. The highest BCUT2D eigenvalue weighted by Crippen LogP contribution is 2.29. The van der Waals surface area contributed by atoms with Crippen LogP contribution in [-0.2, 0) is 4.79 Å². The predicted octanol–water partition coefficient (Wildman–Crippen LogP) is 3.88. The summed E-state index contributed by atoms with van der Waals surface area (Å²) in [5, 5.41) is 4.61. The molecule has 32 heavy (non-hydrogen) atoms. The summed E-state index contributed by atoms with van der Waals surface area (Å²) in [5.41, 5.74) is 9.94. The highest BCUT2D eigenvalue weighted by atomic mass is 16.1. The number of nitrogens with one attached hydrogen (secondary N) is 1. The Morgan fingerprint density at radius 1 is 1.12 bits per heavy atom. The van der Waals surface area contributed by atoms with Crippen molar-refractivity contribution in [2.75, 3.05) is 42.3 Å². The van der Waals surface area contributed by atoms with E-state index in [1.165, 1.54) is 16.8 Å². The quantitative estimate of drug-likeness (QED) is 0.615. The fourth-order valence-corrected chi connectivity index (χ4v) is 4.22. The molecule has 7 nitrogen and oxygen atoms in total. The molecule has 0 saturated carbocycles. The minimum absolute atomic E-state index is 0.00766. The summed E-state index contributed by atoms with van der Waals surface area (Å²) in [7, 11) is 3.91. The Hall–Kier alpha value is -3.35. The van der Waals surface area contributed by atoms with Crippen LogP contribution in [-0.4, -0.2) is 43.1 Å². The van der Waals surface area contributed by atoms with Crippen molar-refractivity contribution in [3.63, 3.8) is 0 Å². The van der Waals surface area contributed by atoms with Gasteiger partial charge < -0.3 is 20.9 Å². The smallest absolute Gasteiger partial charge is 0.227 e. The average Bonchev–Trinajstić information content (AvgIpc) is 2.78. The molecule has 0 bridgehead atoms. The zero-order chi connectivity index (χ0) is 22.8. The lowest BCUT2D eigenvalue weighted by Crippen LogP contribution is -2.38. The zero-order valence-electron chi connectivity index (χ0n) is 19.3. The van der Waals surface area contributed by atoms with E-state index in [-0.39, 0.29) is 17.9 Å². The second kappa shape index (κ2) is 9.02. The number of carbonyl (C=O) groups is 1. The number of hydrogen-bond acceptors (Lipinski definition) is 6. The molecule has 4 rings (SSSR count). The minimum Gasteiger partial charge on any atom is -0.371 e. The van der Waals surface area contributed by atoms with Crippen LogP contribution in [0, 0.1) is 12.8 Å². The minimum atomic E-state index is -0.176. The molecule has 3 aromatic rings. The van der Waals surface area contributed by atoms with Crippen LogP contribution in [0.5, 0.6) is 0 Å². The number of piperidine rings is 1. The van der Waals surface area contributed by atoms with E-state index in [0.717, 1.165) is 42.7 Å². The molecule has 1 aliphatic heterocycles. The van der Waals surface area contributed by atoms with Gasteiger partial charge in [0.2, 0.25) is 11.9 Å². The molecule has 7 heteroatoms. The van der Waals surface area contributed by atoms with E-state index in [1.807, 2.05) is 19.0 Å². The number of anilines is 3. The van der Waals surface area contributed by atoms with Crippen LogP contribution in [0.15, 0.2) is 42.5 Å². The first-order valence-corrected chi connectivity index (χ1v) is 11.2. The predicted molar refractivity (Wildman–Crippen MR) is 131 cm³/mol. The van der Waals surface area contributed by atoms with Gasteiger partial charge in [0.05, 0.1) is 5.52 Å². The van der Waals surface area contributed by atoms with Crippen molar-refractivity contribution in [2.24, 2.45) is 11.7 Å². The lowest BCUT2D eigenvalue weighted by molar-refractivity contribution is -0.122. The van der Waals surface area contributed by atoms with Crippen LogP contribution in [0.25, 0.3) is 10.9 Å². The van der Waals surface area contributed by atoms with Crippen LogP contribution in [0.4, 0.5) is 17.5 Å². The van der Waals surface area contributed by atoms with E-state index in [9.17, 15) is 4.79 Å². The third kappa shape index (κ3) is 4.61. The maximum Gasteiger partial charge on any atom is 0.227 e. The SMILES string of the molecule is Cc1ccc2c(N[C@@H](C)c3ccc(N4CCC(C(N)=O)CC4)cc3)nc(N(C)C)nc2c1. The van der Waals surface area contributed by atoms with Gasteiger partial charge in [-0.3, -0.25) is 4.79 Å². The van der Waals surface area contributed by atoms with Crippen molar-refractivity contribution >= 4 is 34.3 Å². The van der Waals surface area contributed by atoms with Gasteiger partial charge in [-0.15, -0.1) is 0 Å². The van der Waals surface area contributed by atoms with E-state index >= 15 is 0 Å². The van der Waals surface area contributed by atoms with Crippen LogP contribution in [0.3, 0.4) is 0 Å². The molecule has 0 spiro atoms. The molecule has 1 saturated heterocycles. The largest absolute Gasteiger partial charge is 0.371 e. The Morgan fingerprint density at radius 3 is 2.44 bits per heavy atom. The first kappa shape index (κ1) is 21.9. The van der Waals surface area contributed by atoms with E-state index in [0.29, 0.717) is 5.95 Å². The van der Waals surface area contributed by atoms with Gasteiger partial charge in [0, 0.05) is 50.2 Å². The highest BCUT2D eigenvalue weighted by Gasteiger charge is 2.23. The topological polar surface area (TPSA) is 87.4 Å². The molecule has 1 amide bonds. The van der Waals surface area contributed by atoms with E-state index in [2.05, 4.69) is 66.5 Å². The Labute approximate surface area is 189 Å². The van der Waals surface area contributed by atoms with Gasteiger partial charge in [-0.1, -0.05) is 18.2 Å². The molecule has 1 aliphatic rings. The first-order chi connectivity index (χ1) is 15.3. The third-order valence-corrected chi connectivity index (χ3v) is 6.25. The number of hydrogen-bond donors (Lipinski definition) is 2. The van der Waals surface area contributed by atoms with Crippen molar-refractivity contribution < 1.29 is 4.79 Å². The number of aryl methyl sites for hydroxylation is 1. The number of primary amides is 1. The van der Waals surface area contributed by atoms with Crippen LogP contribution in [0.2, 0.25) is 0 Å². The molecule has 1 aromatic heterocycles. The third-order valence-electron chi connectivity index (χ3n) is 6.25. The molecular weight excluding hydrogens is 400 g/mol. The number of nitrogens with zero attached hydrogens (tertiary/aromatic N) is 4. The van der Waals surface area contributed by atoms with Crippen LogP contribution >= 0.6 is 0 Å². The van der Waals surface area contributed by atoms with E-state index in [1.54, 1.807) is 0 Å². The van der Waals surface area contributed by atoms with Crippen molar-refractivity contribution in [1.82, 2.24) is 9.97 Å². The lowest BCUT2D eigenvalue weighted by atomic mass is 9.96. The number of benzene rings is 2. The molecule has 2 heterocycles. The summed E-state index contributed by atoms with van der Waals surface area (Å²) in [4.78, 5) is 25.1. The summed E-state index contributed by atoms with van der Waals surface area (Å²) >= 11 is 0. The monoisotopic (exact) mass is 432 g/mol. The van der Waals surface area contributed by atoms with Gasteiger partial charge in [0.15, 0.2) is 0 Å².